The summed E-state index contributed by atoms with van der Waals surface area (Å²) in [5, 5.41) is 2.88. The Balaban J connectivity index is 1.75. The number of nitrogen functional groups attached to an aromatic ring is 1. The number of hydrogen-bond acceptors (Lipinski definition) is 6. The second-order valence-electron chi connectivity index (χ2n) is 3.96. The highest BCUT2D eigenvalue weighted by Gasteiger charge is 2.16. The number of ether oxygens (including phenoxy) is 2. The van der Waals surface area contributed by atoms with E-state index in [4.69, 9.17) is 15.2 Å². The number of aromatic nitrogens is 2. The third kappa shape index (κ3) is 2.24. The van der Waals surface area contributed by atoms with Gasteiger partial charge >= 0.3 is 0 Å². The highest BCUT2D eigenvalue weighted by Crippen LogP contribution is 2.23. The maximum atomic E-state index is 5.86. The molecule has 0 aromatic carbocycles. The maximum Gasteiger partial charge on any atom is 0.158 e. The van der Waals surface area contributed by atoms with E-state index in [1.165, 1.54) is 0 Å². The van der Waals surface area contributed by atoms with Crippen LogP contribution in [0.3, 0.4) is 0 Å². The zero-order valence-corrected chi connectivity index (χ0v) is 10.1. The van der Waals surface area contributed by atoms with Crippen molar-refractivity contribution in [2.75, 3.05) is 18.9 Å². The van der Waals surface area contributed by atoms with E-state index in [1.807, 2.05) is 11.4 Å². The molecule has 0 saturated carbocycles. The summed E-state index contributed by atoms with van der Waals surface area (Å²) in [4.78, 5) is 9.58. The van der Waals surface area contributed by atoms with E-state index in [0.717, 1.165) is 23.2 Å². The van der Waals surface area contributed by atoms with Crippen LogP contribution in [0.4, 0.5) is 5.82 Å². The van der Waals surface area contributed by atoms with Gasteiger partial charge < -0.3 is 15.2 Å². The molecule has 0 spiro atoms. The average Bonchev–Trinajstić information content (AvgIpc) is 2.97. The van der Waals surface area contributed by atoms with Gasteiger partial charge in [-0.2, -0.15) is 0 Å². The Kier molecular flexibility index (Phi) is 2.92. The van der Waals surface area contributed by atoms with E-state index in [0.29, 0.717) is 24.9 Å². The lowest BCUT2D eigenvalue weighted by atomic mass is 10.3. The lowest BCUT2D eigenvalue weighted by molar-refractivity contribution is 0.0286. The molecule has 3 rings (SSSR count). The third-order valence-corrected chi connectivity index (χ3v) is 3.54. The molecule has 2 N–H and O–H groups in total. The lowest BCUT2D eigenvalue weighted by Gasteiger charge is -2.09. The molecule has 2 aromatic rings. The van der Waals surface area contributed by atoms with Crippen LogP contribution in [0.15, 0.2) is 11.4 Å². The molecule has 1 aliphatic heterocycles. The van der Waals surface area contributed by atoms with Gasteiger partial charge in [0, 0.05) is 6.61 Å². The van der Waals surface area contributed by atoms with Gasteiger partial charge in [0.15, 0.2) is 5.82 Å². The van der Waals surface area contributed by atoms with E-state index in [-0.39, 0.29) is 6.10 Å². The first-order valence-electron chi connectivity index (χ1n) is 5.52. The van der Waals surface area contributed by atoms with Crippen molar-refractivity contribution in [3.63, 3.8) is 0 Å². The van der Waals surface area contributed by atoms with Crippen LogP contribution in [0.2, 0.25) is 0 Å². The SMILES string of the molecule is Nc1nc(COC2CCOC2)nc2sccc12. The van der Waals surface area contributed by atoms with Gasteiger partial charge in [-0.1, -0.05) is 0 Å². The Labute approximate surface area is 103 Å². The van der Waals surface area contributed by atoms with Gasteiger partial charge in [0.05, 0.1) is 18.1 Å². The van der Waals surface area contributed by atoms with Crippen molar-refractivity contribution in [3.8, 4) is 0 Å². The summed E-state index contributed by atoms with van der Waals surface area (Å²) in [7, 11) is 0. The Bertz CT molecular complexity index is 522. The average molecular weight is 251 g/mol. The molecule has 17 heavy (non-hydrogen) atoms. The van der Waals surface area contributed by atoms with Crippen LogP contribution in [0.1, 0.15) is 12.2 Å². The molecule has 0 bridgehead atoms. The number of thiophene rings is 1. The van der Waals surface area contributed by atoms with Crippen molar-refractivity contribution in [3.05, 3.63) is 17.3 Å². The van der Waals surface area contributed by atoms with Crippen molar-refractivity contribution < 1.29 is 9.47 Å². The summed E-state index contributed by atoms with van der Waals surface area (Å²) in [6, 6.07) is 1.94. The van der Waals surface area contributed by atoms with Crippen molar-refractivity contribution >= 4 is 27.4 Å². The van der Waals surface area contributed by atoms with E-state index >= 15 is 0 Å². The van der Waals surface area contributed by atoms with Gasteiger partial charge in [-0.3, -0.25) is 0 Å². The molecule has 0 amide bonds. The second kappa shape index (κ2) is 4.56. The van der Waals surface area contributed by atoms with Crippen LogP contribution < -0.4 is 5.73 Å². The van der Waals surface area contributed by atoms with Crippen LogP contribution >= 0.6 is 11.3 Å². The van der Waals surface area contributed by atoms with Gasteiger partial charge in [-0.25, -0.2) is 9.97 Å². The number of fused-ring (bicyclic) bond motifs is 1. The predicted molar refractivity (Wildman–Crippen MR) is 65.8 cm³/mol. The topological polar surface area (TPSA) is 70.3 Å². The van der Waals surface area contributed by atoms with E-state index in [2.05, 4.69) is 9.97 Å². The van der Waals surface area contributed by atoms with Crippen LogP contribution in [-0.4, -0.2) is 29.3 Å². The van der Waals surface area contributed by atoms with E-state index in [9.17, 15) is 0 Å². The first-order chi connectivity index (χ1) is 8.33. The molecule has 1 saturated heterocycles. The van der Waals surface area contributed by atoms with Gasteiger partial charge in [-0.05, 0) is 17.9 Å². The largest absolute Gasteiger partial charge is 0.383 e. The lowest BCUT2D eigenvalue weighted by Crippen LogP contribution is -2.13. The Morgan fingerprint density at radius 1 is 1.53 bits per heavy atom. The molecule has 2 aromatic heterocycles. The molecule has 0 radical (unpaired) electrons. The molecular formula is C11H13N3O2S. The van der Waals surface area contributed by atoms with Crippen LogP contribution in [-0.2, 0) is 16.1 Å². The molecule has 3 heterocycles. The standard InChI is InChI=1S/C11H13N3O2S/c12-10-8-2-4-17-11(8)14-9(13-10)6-16-7-1-3-15-5-7/h2,4,7H,1,3,5-6H2,(H2,12,13,14). The minimum atomic E-state index is 0.166. The first-order valence-corrected chi connectivity index (χ1v) is 6.40. The molecule has 1 unspecified atom stereocenters. The normalized spacial score (nSPS) is 20.1. The van der Waals surface area contributed by atoms with E-state index < -0.39 is 0 Å². The summed E-state index contributed by atoms with van der Waals surface area (Å²) in [6.45, 7) is 1.83. The molecule has 5 nitrogen and oxygen atoms in total. The molecular weight excluding hydrogens is 238 g/mol. The smallest absolute Gasteiger partial charge is 0.158 e. The van der Waals surface area contributed by atoms with Crippen LogP contribution in [0, 0.1) is 0 Å². The summed E-state index contributed by atoms with van der Waals surface area (Å²) in [5.41, 5.74) is 5.86. The maximum absolute atomic E-state index is 5.86. The molecule has 0 aliphatic carbocycles. The molecule has 6 heteroatoms. The monoisotopic (exact) mass is 251 g/mol. The summed E-state index contributed by atoms with van der Waals surface area (Å²) in [5.74, 6) is 1.17. The zero-order valence-electron chi connectivity index (χ0n) is 9.26. The highest BCUT2D eigenvalue weighted by molar-refractivity contribution is 7.16. The van der Waals surface area contributed by atoms with Crippen molar-refractivity contribution in [1.29, 1.82) is 0 Å². The summed E-state index contributed by atoms with van der Waals surface area (Å²) < 4.78 is 10.9. The van der Waals surface area contributed by atoms with Crippen LogP contribution in [0.5, 0.6) is 0 Å². The predicted octanol–water partition coefficient (Wildman–Crippen LogP) is 1.58. The van der Waals surface area contributed by atoms with E-state index in [1.54, 1.807) is 11.3 Å². The Hall–Kier alpha value is -1.24. The highest BCUT2D eigenvalue weighted by atomic mass is 32.1. The number of anilines is 1. The summed E-state index contributed by atoms with van der Waals surface area (Å²) in [6.07, 6.45) is 1.11. The van der Waals surface area contributed by atoms with Gasteiger partial charge in [0.1, 0.15) is 17.3 Å². The van der Waals surface area contributed by atoms with Gasteiger partial charge in [0.25, 0.3) is 0 Å². The third-order valence-electron chi connectivity index (χ3n) is 2.74. The fourth-order valence-electron chi connectivity index (χ4n) is 1.83. The van der Waals surface area contributed by atoms with Crippen molar-refractivity contribution in [2.24, 2.45) is 0 Å². The number of rotatable bonds is 3. The fourth-order valence-corrected chi connectivity index (χ4v) is 2.62. The number of hydrogen-bond donors (Lipinski definition) is 1. The second-order valence-corrected chi connectivity index (χ2v) is 4.86. The quantitative estimate of drug-likeness (QED) is 0.896. The molecule has 90 valence electrons. The minimum absolute atomic E-state index is 0.166. The fraction of sp³-hybridized carbons (Fsp3) is 0.455. The minimum Gasteiger partial charge on any atom is -0.383 e. The zero-order chi connectivity index (χ0) is 11.7. The molecule has 1 aliphatic rings. The first kappa shape index (κ1) is 10.9. The Morgan fingerprint density at radius 3 is 3.29 bits per heavy atom. The summed E-state index contributed by atoms with van der Waals surface area (Å²) >= 11 is 1.56. The molecule has 1 fully saturated rings. The Morgan fingerprint density at radius 2 is 2.47 bits per heavy atom. The number of nitrogens with two attached hydrogens (primary N) is 1. The number of nitrogens with zero attached hydrogens (tertiary/aromatic N) is 2. The van der Waals surface area contributed by atoms with Crippen molar-refractivity contribution in [2.45, 2.75) is 19.1 Å². The molecule has 1 atom stereocenters. The van der Waals surface area contributed by atoms with Crippen LogP contribution in [0.25, 0.3) is 10.2 Å². The van der Waals surface area contributed by atoms with Crippen molar-refractivity contribution in [1.82, 2.24) is 9.97 Å². The van der Waals surface area contributed by atoms with Gasteiger partial charge in [-0.15, -0.1) is 11.3 Å². The van der Waals surface area contributed by atoms with Gasteiger partial charge in [0.2, 0.25) is 0 Å².